The molecule has 3 rings (SSSR count). The molecule has 0 fully saturated rings. The number of hydrogen-bond acceptors (Lipinski definition) is 5. The molecule has 0 atom stereocenters. The normalized spacial score (nSPS) is 13.4. The van der Waals surface area contributed by atoms with Gasteiger partial charge in [0.1, 0.15) is 0 Å². The van der Waals surface area contributed by atoms with Crippen LogP contribution in [0.25, 0.3) is 5.70 Å². The zero-order valence-electron chi connectivity index (χ0n) is 13.1. The lowest BCUT2D eigenvalue weighted by Gasteiger charge is -2.19. The minimum absolute atomic E-state index is 0.745. The van der Waals surface area contributed by atoms with Crippen LogP contribution in [-0.2, 0) is 6.42 Å². The first-order chi connectivity index (χ1) is 11.2. The maximum absolute atomic E-state index is 6.11. The van der Waals surface area contributed by atoms with Gasteiger partial charge in [0.15, 0.2) is 5.82 Å². The van der Waals surface area contributed by atoms with Gasteiger partial charge in [0.05, 0.1) is 5.70 Å². The first-order valence-corrected chi connectivity index (χ1v) is 8.99. The number of thioether (sulfide) groups is 1. The Bertz CT molecular complexity index is 725. The zero-order chi connectivity index (χ0) is 16.2. The molecule has 0 unspecified atom stereocenters. The Labute approximate surface area is 145 Å². The molecule has 1 aliphatic rings. The largest absolute Gasteiger partial charge is 0.330 e. The molecule has 2 aromatic rings. The van der Waals surface area contributed by atoms with Gasteiger partial charge in [-0.25, -0.2) is 4.68 Å². The van der Waals surface area contributed by atoms with Crippen LogP contribution in [0.3, 0.4) is 0 Å². The molecule has 0 spiro atoms. The number of nitrogens with zero attached hydrogens (tertiary/aromatic N) is 3. The van der Waals surface area contributed by atoms with E-state index >= 15 is 0 Å². The summed E-state index contributed by atoms with van der Waals surface area (Å²) in [5, 5.41) is 12.2. The predicted molar refractivity (Wildman–Crippen MR) is 96.0 cm³/mol. The third-order valence-electron chi connectivity index (χ3n) is 3.79. The van der Waals surface area contributed by atoms with Gasteiger partial charge in [0.2, 0.25) is 5.16 Å². The molecule has 5 nitrogen and oxygen atoms in total. The van der Waals surface area contributed by atoms with Crippen molar-refractivity contribution in [3.63, 3.8) is 0 Å². The molecule has 0 amide bonds. The quantitative estimate of drug-likeness (QED) is 0.780. The molecule has 0 radical (unpaired) electrons. The molecule has 122 valence electrons. The Hall–Kier alpha value is -1.50. The second-order valence-corrected chi connectivity index (χ2v) is 6.80. The number of aromatic nitrogens is 3. The van der Waals surface area contributed by atoms with Crippen molar-refractivity contribution in [2.45, 2.75) is 37.8 Å². The lowest BCUT2D eigenvalue weighted by molar-refractivity contribution is 0.650. The molecular weight excluding hydrogens is 330 g/mol. The lowest BCUT2D eigenvalue weighted by Crippen LogP contribution is -2.20. The highest BCUT2D eigenvalue weighted by Crippen LogP contribution is 2.30. The molecule has 7 heteroatoms. The summed E-state index contributed by atoms with van der Waals surface area (Å²) in [5.74, 6) is 0.959. The van der Waals surface area contributed by atoms with Crippen LogP contribution in [0.2, 0.25) is 5.02 Å². The van der Waals surface area contributed by atoms with Gasteiger partial charge in [0.25, 0.3) is 0 Å². The average Bonchev–Trinajstić information content (AvgIpc) is 2.96. The van der Waals surface area contributed by atoms with E-state index in [9.17, 15) is 0 Å². The number of rotatable bonds is 6. The van der Waals surface area contributed by atoms with E-state index in [1.165, 1.54) is 0 Å². The summed E-state index contributed by atoms with van der Waals surface area (Å²) in [4.78, 5) is 0. The number of fused-ring (bicyclic) bond motifs is 1. The number of nitrogens with two attached hydrogens (primary N) is 1. The van der Waals surface area contributed by atoms with Crippen LogP contribution in [0.4, 0.5) is 0 Å². The fourth-order valence-corrected chi connectivity index (χ4v) is 3.33. The molecule has 0 bridgehead atoms. The standard InChI is InChI=1S/C16H20ClN5S/c1-11-9-12(6-7-13(11)17)14-10-23-16-20-19-15(22(16)21-14)5-3-2-4-8-18/h6-7,9-10,21H,2-5,8,18H2,1H3. The molecule has 0 saturated carbocycles. The second kappa shape index (κ2) is 7.38. The van der Waals surface area contributed by atoms with Gasteiger partial charge in [-0.15, -0.1) is 10.2 Å². The van der Waals surface area contributed by atoms with Crippen molar-refractivity contribution in [3.05, 3.63) is 45.6 Å². The van der Waals surface area contributed by atoms with E-state index in [1.54, 1.807) is 11.8 Å². The SMILES string of the molecule is Cc1cc(C2=CSc3nnc(CCCCCN)n3N2)ccc1Cl. The Balaban J connectivity index is 1.74. The molecule has 23 heavy (non-hydrogen) atoms. The highest BCUT2D eigenvalue weighted by Gasteiger charge is 2.18. The van der Waals surface area contributed by atoms with Crippen molar-refractivity contribution in [1.29, 1.82) is 0 Å². The van der Waals surface area contributed by atoms with Crippen molar-refractivity contribution in [1.82, 2.24) is 14.9 Å². The monoisotopic (exact) mass is 349 g/mol. The number of unbranched alkanes of at least 4 members (excludes halogenated alkanes) is 2. The first-order valence-electron chi connectivity index (χ1n) is 7.74. The molecule has 0 aliphatic carbocycles. The Kier molecular flexibility index (Phi) is 5.25. The van der Waals surface area contributed by atoms with Gasteiger partial charge in [-0.2, -0.15) is 0 Å². The second-order valence-electron chi connectivity index (χ2n) is 5.56. The summed E-state index contributed by atoms with van der Waals surface area (Å²) >= 11 is 7.69. The van der Waals surface area contributed by atoms with Crippen molar-refractivity contribution >= 4 is 29.1 Å². The maximum atomic E-state index is 6.11. The van der Waals surface area contributed by atoms with Crippen LogP contribution >= 0.6 is 23.4 Å². The summed E-state index contributed by atoms with van der Waals surface area (Å²) in [6, 6.07) is 6.03. The van der Waals surface area contributed by atoms with Gasteiger partial charge in [0, 0.05) is 22.4 Å². The smallest absolute Gasteiger partial charge is 0.214 e. The summed E-state index contributed by atoms with van der Waals surface area (Å²) in [6.07, 6.45) is 4.14. The Morgan fingerprint density at radius 3 is 2.91 bits per heavy atom. The van der Waals surface area contributed by atoms with E-state index in [-0.39, 0.29) is 0 Å². The van der Waals surface area contributed by atoms with E-state index in [0.29, 0.717) is 0 Å². The zero-order valence-corrected chi connectivity index (χ0v) is 14.6. The van der Waals surface area contributed by atoms with Crippen LogP contribution in [0.1, 0.15) is 36.2 Å². The number of nitrogens with one attached hydrogen (secondary N) is 1. The molecule has 1 aromatic carbocycles. The van der Waals surface area contributed by atoms with Crippen LogP contribution in [0.5, 0.6) is 0 Å². The summed E-state index contributed by atoms with van der Waals surface area (Å²) < 4.78 is 1.98. The van der Waals surface area contributed by atoms with E-state index in [4.69, 9.17) is 17.3 Å². The summed E-state index contributed by atoms with van der Waals surface area (Å²) in [6.45, 7) is 2.75. The predicted octanol–water partition coefficient (Wildman–Crippen LogP) is 3.56. The van der Waals surface area contributed by atoms with E-state index in [1.807, 2.05) is 23.7 Å². The Morgan fingerprint density at radius 2 is 2.13 bits per heavy atom. The van der Waals surface area contributed by atoms with Crippen LogP contribution in [0.15, 0.2) is 28.8 Å². The minimum atomic E-state index is 0.745. The average molecular weight is 350 g/mol. The van der Waals surface area contributed by atoms with E-state index < -0.39 is 0 Å². The molecule has 1 aromatic heterocycles. The fraction of sp³-hybridized carbons (Fsp3) is 0.375. The highest BCUT2D eigenvalue weighted by molar-refractivity contribution is 8.02. The topological polar surface area (TPSA) is 68.8 Å². The molecule has 2 heterocycles. The Morgan fingerprint density at radius 1 is 1.26 bits per heavy atom. The summed E-state index contributed by atoms with van der Waals surface area (Å²) in [5.41, 5.74) is 12.2. The van der Waals surface area contributed by atoms with Crippen LogP contribution in [-0.4, -0.2) is 21.4 Å². The van der Waals surface area contributed by atoms with E-state index in [0.717, 1.165) is 65.1 Å². The van der Waals surface area contributed by atoms with Crippen molar-refractivity contribution in [2.75, 3.05) is 12.0 Å². The number of benzene rings is 1. The van der Waals surface area contributed by atoms with Crippen molar-refractivity contribution < 1.29 is 0 Å². The third kappa shape index (κ3) is 3.71. The van der Waals surface area contributed by atoms with Gasteiger partial charge >= 0.3 is 0 Å². The van der Waals surface area contributed by atoms with Crippen LogP contribution in [0, 0.1) is 6.92 Å². The maximum Gasteiger partial charge on any atom is 0.214 e. The molecule has 0 saturated heterocycles. The van der Waals surface area contributed by atoms with Crippen LogP contribution < -0.4 is 11.2 Å². The highest BCUT2D eigenvalue weighted by atomic mass is 35.5. The van der Waals surface area contributed by atoms with Gasteiger partial charge < -0.3 is 5.73 Å². The van der Waals surface area contributed by atoms with E-state index in [2.05, 4.69) is 27.1 Å². The number of aryl methyl sites for hydroxylation is 2. The van der Waals surface area contributed by atoms with Crippen molar-refractivity contribution in [3.8, 4) is 0 Å². The number of hydrogen-bond donors (Lipinski definition) is 2. The molecule has 1 aliphatic heterocycles. The molecule has 3 N–H and O–H groups in total. The van der Waals surface area contributed by atoms with Gasteiger partial charge in [-0.3, -0.25) is 5.43 Å². The van der Waals surface area contributed by atoms with Crippen molar-refractivity contribution in [2.24, 2.45) is 5.73 Å². The van der Waals surface area contributed by atoms with Gasteiger partial charge in [-0.05, 0) is 44.0 Å². The van der Waals surface area contributed by atoms with Gasteiger partial charge in [-0.1, -0.05) is 35.9 Å². The third-order valence-corrected chi connectivity index (χ3v) is 5.04. The fourth-order valence-electron chi connectivity index (χ4n) is 2.46. The lowest BCUT2D eigenvalue weighted by atomic mass is 10.1. The number of halogens is 1. The summed E-state index contributed by atoms with van der Waals surface area (Å²) in [7, 11) is 0. The first kappa shape index (κ1) is 16.4. The minimum Gasteiger partial charge on any atom is -0.330 e. The molecular formula is C16H20ClN5S.